The predicted molar refractivity (Wildman–Crippen MR) is 147 cm³/mol. The van der Waals surface area contributed by atoms with Gasteiger partial charge in [0.25, 0.3) is 0 Å². The average molecular weight is 562 g/mol. The number of alkyl halides is 3. The monoisotopic (exact) mass is 562 g/mol. The Hall–Kier alpha value is -5.51. The van der Waals surface area contributed by atoms with Crippen LogP contribution in [0.1, 0.15) is 0 Å². The molecule has 2 heterocycles. The molecule has 2 N–H and O–H groups in total. The van der Waals surface area contributed by atoms with E-state index in [1.54, 1.807) is 36.4 Å². The van der Waals surface area contributed by atoms with Crippen molar-refractivity contribution in [3.63, 3.8) is 0 Å². The van der Waals surface area contributed by atoms with Crippen LogP contribution >= 0.6 is 0 Å². The number of phenolic OH excluding ortho intramolecular Hbond substituents is 2. The van der Waals surface area contributed by atoms with Crippen LogP contribution in [0.3, 0.4) is 0 Å². The Balaban J connectivity index is 0.000000176. The minimum atomic E-state index is -4.77. The van der Waals surface area contributed by atoms with E-state index in [-0.39, 0.29) is 39.1 Å². The number of halogens is 3. The summed E-state index contributed by atoms with van der Waals surface area (Å²) < 4.78 is 50.4. The maximum Gasteiger partial charge on any atom is 0.573 e. The molecule has 0 atom stereocenters. The van der Waals surface area contributed by atoms with Crippen molar-refractivity contribution in [3.8, 4) is 28.4 Å². The van der Waals surface area contributed by atoms with Crippen LogP contribution in [0.15, 0.2) is 134 Å². The highest BCUT2D eigenvalue weighted by Crippen LogP contribution is 2.27. The lowest BCUT2D eigenvalue weighted by Crippen LogP contribution is -2.17. The molecule has 0 saturated carbocycles. The van der Waals surface area contributed by atoms with Crippen molar-refractivity contribution in [3.05, 3.63) is 136 Å². The zero-order valence-corrected chi connectivity index (χ0v) is 21.0. The van der Waals surface area contributed by atoms with E-state index >= 15 is 0 Å². The normalized spacial score (nSPS) is 10.7. The van der Waals surface area contributed by atoms with Crippen LogP contribution in [0.2, 0.25) is 0 Å². The number of ether oxygens (including phenoxy) is 1. The highest BCUT2D eigenvalue weighted by molar-refractivity contribution is 5.82. The van der Waals surface area contributed by atoms with Crippen molar-refractivity contribution in [1.29, 1.82) is 0 Å². The van der Waals surface area contributed by atoms with Gasteiger partial charge in [0, 0.05) is 17.5 Å². The Kier molecular flexibility index (Phi) is 8.73. The van der Waals surface area contributed by atoms with E-state index in [1.807, 2.05) is 24.3 Å². The van der Waals surface area contributed by atoms with Gasteiger partial charge in [0.1, 0.15) is 34.7 Å². The van der Waals surface area contributed by atoms with Crippen LogP contribution < -0.4 is 15.8 Å². The number of fused-ring (bicyclic) bond motifs is 2. The number of para-hydroxylation sites is 2. The van der Waals surface area contributed by atoms with Gasteiger partial charge >= 0.3 is 12.0 Å². The van der Waals surface area contributed by atoms with Gasteiger partial charge in [-0.2, -0.15) is 0 Å². The van der Waals surface area contributed by atoms with Gasteiger partial charge < -0.3 is 23.8 Å². The van der Waals surface area contributed by atoms with Gasteiger partial charge in [0.15, 0.2) is 5.43 Å². The lowest BCUT2D eigenvalue weighted by molar-refractivity contribution is -0.274. The molecule has 6 rings (SSSR count). The summed E-state index contributed by atoms with van der Waals surface area (Å²) in [5.74, 6) is -0.0964. The first-order chi connectivity index (χ1) is 19.6. The summed E-state index contributed by atoms with van der Waals surface area (Å²) in [6.07, 6.45) is -3.57. The van der Waals surface area contributed by atoms with E-state index in [0.717, 1.165) is 17.5 Å². The molecule has 0 unspecified atom stereocenters. The summed E-state index contributed by atoms with van der Waals surface area (Å²) in [7, 11) is 0. The van der Waals surface area contributed by atoms with Crippen molar-refractivity contribution in [1.82, 2.24) is 0 Å². The molecule has 0 radical (unpaired) electrons. The fourth-order valence-corrected chi connectivity index (χ4v) is 3.59. The molecule has 4 aromatic carbocycles. The van der Waals surface area contributed by atoms with E-state index in [1.165, 1.54) is 42.7 Å². The second-order valence-corrected chi connectivity index (χ2v) is 8.36. The maximum absolute atomic E-state index is 12.4. The van der Waals surface area contributed by atoms with Gasteiger partial charge in [-0.05, 0) is 54.1 Å². The number of benzene rings is 4. The van der Waals surface area contributed by atoms with Gasteiger partial charge in [-0.1, -0.05) is 48.5 Å². The number of hydrogen-bond donors (Lipinski definition) is 2. The first kappa shape index (κ1) is 28.5. The first-order valence-corrected chi connectivity index (χ1v) is 11.9. The van der Waals surface area contributed by atoms with E-state index in [9.17, 15) is 27.9 Å². The molecule has 0 aliphatic rings. The van der Waals surface area contributed by atoms with Crippen molar-refractivity contribution < 1.29 is 37.0 Å². The molecule has 2 aromatic heterocycles. The molecule has 0 saturated heterocycles. The molecule has 0 aliphatic carbocycles. The second kappa shape index (κ2) is 12.6. The molecule has 0 aliphatic heterocycles. The fourth-order valence-electron chi connectivity index (χ4n) is 3.59. The van der Waals surface area contributed by atoms with E-state index in [0.29, 0.717) is 16.9 Å². The summed E-state index contributed by atoms with van der Waals surface area (Å²) in [6, 6.07) is 28.3. The third-order valence-corrected chi connectivity index (χ3v) is 5.44. The Morgan fingerprint density at radius 2 is 1.37 bits per heavy atom. The topological polar surface area (TPSA) is 110 Å². The molecule has 6 aromatic rings. The average Bonchev–Trinajstić information content (AvgIpc) is 2.94. The Labute approximate surface area is 229 Å². The summed E-state index contributed by atoms with van der Waals surface area (Å²) in [5, 5.41) is 19.2. The minimum absolute atomic E-state index is 0.0398. The number of hydrogen-bond acceptors (Lipinski definition) is 7. The zero-order valence-electron chi connectivity index (χ0n) is 21.0. The van der Waals surface area contributed by atoms with E-state index in [4.69, 9.17) is 13.9 Å². The predicted octanol–water partition coefficient (Wildman–Crippen LogP) is 7.25. The highest BCUT2D eigenvalue weighted by atomic mass is 19.4. The maximum atomic E-state index is 12.4. The van der Waals surface area contributed by atoms with Crippen LogP contribution in [0.25, 0.3) is 33.1 Å². The van der Waals surface area contributed by atoms with Crippen LogP contribution in [0, 0.1) is 0 Å². The van der Waals surface area contributed by atoms with Crippen molar-refractivity contribution in [2.45, 2.75) is 6.36 Å². The third kappa shape index (κ3) is 7.99. The molecule has 0 fully saturated rings. The summed E-state index contributed by atoms with van der Waals surface area (Å²) in [6.45, 7) is 0. The fraction of sp³-hybridized carbons (Fsp3) is 0.0323. The quantitative estimate of drug-likeness (QED) is 0.214. The molecule has 0 amide bonds. The van der Waals surface area contributed by atoms with E-state index < -0.39 is 6.36 Å². The molecule has 0 spiro atoms. The number of rotatable bonds is 2. The van der Waals surface area contributed by atoms with Crippen LogP contribution in [-0.4, -0.2) is 16.6 Å². The van der Waals surface area contributed by atoms with Crippen molar-refractivity contribution in [2.24, 2.45) is 0 Å². The Bertz CT molecular complexity index is 1860. The number of phenols is 2. The van der Waals surface area contributed by atoms with Crippen LogP contribution in [0.5, 0.6) is 17.2 Å². The van der Waals surface area contributed by atoms with Gasteiger partial charge in [0.2, 0.25) is 0 Å². The highest BCUT2D eigenvalue weighted by Gasteiger charge is 2.31. The van der Waals surface area contributed by atoms with Crippen LogP contribution in [-0.2, 0) is 0 Å². The standard InChI is InChI=1S/C16H9F3O4.C9H6O2.C6H6O/c17-16(18,19)23-11-4-1-9(2-5-11)13-8-22-14-7-10(20)3-6-12(14)15(13)21;10-9-6-5-7-3-1-2-4-8(7)11-9;7-6-4-2-1-3-5-6/h1-8,20H;1-6H;1-5,7H. The third-order valence-electron chi connectivity index (χ3n) is 5.44. The summed E-state index contributed by atoms with van der Waals surface area (Å²) in [5.41, 5.74) is 0.792. The largest absolute Gasteiger partial charge is 0.573 e. The molecular weight excluding hydrogens is 541 g/mol. The Morgan fingerprint density at radius 3 is 2.02 bits per heavy atom. The number of aromatic hydroxyl groups is 2. The van der Waals surface area contributed by atoms with Crippen molar-refractivity contribution in [2.75, 3.05) is 0 Å². The van der Waals surface area contributed by atoms with Gasteiger partial charge in [-0.15, -0.1) is 13.2 Å². The molecular formula is C31H21F3O7. The molecule has 10 heteroatoms. The SMILES string of the molecule is O=c1c(-c2ccc(OC(F)(F)F)cc2)coc2cc(O)ccc12.O=c1ccc2ccccc2o1.Oc1ccccc1. The van der Waals surface area contributed by atoms with Crippen molar-refractivity contribution >= 4 is 21.9 Å². The van der Waals surface area contributed by atoms with E-state index in [2.05, 4.69) is 4.74 Å². The lowest BCUT2D eigenvalue weighted by atomic mass is 10.1. The Morgan fingerprint density at radius 1 is 0.683 bits per heavy atom. The zero-order chi connectivity index (χ0) is 29.4. The van der Waals surface area contributed by atoms with Gasteiger partial charge in [-0.25, -0.2) is 4.79 Å². The summed E-state index contributed by atoms with van der Waals surface area (Å²) in [4.78, 5) is 23.1. The van der Waals surface area contributed by atoms with Gasteiger partial charge in [0.05, 0.1) is 10.9 Å². The minimum Gasteiger partial charge on any atom is -0.508 e. The summed E-state index contributed by atoms with van der Waals surface area (Å²) >= 11 is 0. The molecule has 208 valence electrons. The smallest absolute Gasteiger partial charge is 0.508 e. The first-order valence-electron chi connectivity index (χ1n) is 11.9. The lowest BCUT2D eigenvalue weighted by Gasteiger charge is -2.09. The van der Waals surface area contributed by atoms with Crippen LogP contribution in [0.4, 0.5) is 13.2 Å². The molecule has 7 nitrogen and oxygen atoms in total. The van der Waals surface area contributed by atoms with Gasteiger partial charge in [-0.3, -0.25) is 4.79 Å². The second-order valence-electron chi connectivity index (χ2n) is 8.36. The molecule has 41 heavy (non-hydrogen) atoms. The molecule has 0 bridgehead atoms.